The van der Waals surface area contributed by atoms with Gasteiger partial charge in [-0.3, -0.25) is 0 Å². The third-order valence-electron chi connectivity index (χ3n) is 4.56. The summed E-state index contributed by atoms with van der Waals surface area (Å²) in [6.45, 7) is 0.430. The van der Waals surface area contributed by atoms with Crippen LogP contribution in [0.3, 0.4) is 0 Å². The number of nitrogens with zero attached hydrogens (tertiary/aromatic N) is 1. The summed E-state index contributed by atoms with van der Waals surface area (Å²) in [5, 5.41) is 0. The number of rotatable bonds is 6. The second-order valence-corrected chi connectivity index (χ2v) is 10.4. The summed E-state index contributed by atoms with van der Waals surface area (Å²) in [5.74, 6) is 1.07. The third-order valence-corrected chi connectivity index (χ3v) is 6.80. The Morgan fingerprint density at radius 3 is 2.28 bits per heavy atom. The van der Waals surface area contributed by atoms with Gasteiger partial charge in [0.1, 0.15) is 6.61 Å². The molecule has 0 amide bonds. The van der Waals surface area contributed by atoms with Crippen molar-refractivity contribution in [1.82, 2.24) is 0 Å². The normalized spacial score (nSPS) is 14.3. The summed E-state index contributed by atoms with van der Waals surface area (Å²) in [7, 11) is 1.59. The Morgan fingerprint density at radius 2 is 1.62 bits per heavy atom. The van der Waals surface area contributed by atoms with Crippen molar-refractivity contribution in [2.75, 3.05) is 7.11 Å². The molecule has 162 valence electrons. The van der Waals surface area contributed by atoms with Gasteiger partial charge in [0.05, 0.1) is 10.7 Å². The lowest BCUT2D eigenvalue weighted by Gasteiger charge is -2.14. The van der Waals surface area contributed by atoms with E-state index in [9.17, 15) is 4.79 Å². The maximum Gasteiger partial charge on any atom is 0.363 e. The van der Waals surface area contributed by atoms with E-state index in [4.69, 9.17) is 14.2 Å². The van der Waals surface area contributed by atoms with Gasteiger partial charge in [0, 0.05) is 12.7 Å². The smallest absolute Gasteiger partial charge is 0.363 e. The Labute approximate surface area is 226 Å². The van der Waals surface area contributed by atoms with E-state index in [0.717, 1.165) is 23.8 Å². The van der Waals surface area contributed by atoms with Gasteiger partial charge in [0.25, 0.3) is 0 Å². The Bertz CT molecular complexity index is 1220. The van der Waals surface area contributed by atoms with Crippen molar-refractivity contribution < 1.29 is 19.0 Å². The summed E-state index contributed by atoms with van der Waals surface area (Å²) in [6.07, 6.45) is 1.69. The van der Waals surface area contributed by atoms with Gasteiger partial charge in [-0.25, -0.2) is 9.79 Å². The van der Waals surface area contributed by atoms with Crippen molar-refractivity contribution in [3.8, 4) is 11.5 Å². The molecule has 3 aromatic rings. The first-order chi connectivity index (χ1) is 15.4. The number of carbonyl (C=O) groups excluding carboxylic acids is 1. The summed E-state index contributed by atoms with van der Waals surface area (Å²) in [4.78, 5) is 16.7. The van der Waals surface area contributed by atoms with E-state index in [0.29, 0.717) is 24.0 Å². The molecule has 32 heavy (non-hydrogen) atoms. The van der Waals surface area contributed by atoms with E-state index in [1.54, 1.807) is 13.2 Å². The first kappa shape index (κ1) is 23.5. The molecule has 0 atom stereocenters. The van der Waals surface area contributed by atoms with Gasteiger partial charge in [0.2, 0.25) is 5.90 Å². The van der Waals surface area contributed by atoms with Crippen LogP contribution in [0.4, 0.5) is 0 Å². The zero-order chi connectivity index (χ0) is 22.7. The molecule has 0 fully saturated rings. The number of esters is 1. The highest BCUT2D eigenvalue weighted by Crippen LogP contribution is 2.35. The fourth-order valence-corrected chi connectivity index (χ4v) is 4.48. The second kappa shape index (κ2) is 10.5. The predicted octanol–water partition coefficient (Wildman–Crippen LogP) is 6.43. The lowest BCUT2D eigenvalue weighted by atomic mass is 10.1. The highest BCUT2D eigenvalue weighted by molar-refractivity contribution is 14.1. The molecule has 1 aliphatic rings. The van der Waals surface area contributed by atoms with E-state index in [1.807, 2.05) is 60.7 Å². The topological polar surface area (TPSA) is 57.1 Å². The second-order valence-electron chi connectivity index (χ2n) is 6.79. The highest BCUT2D eigenvalue weighted by atomic mass is 127. The summed E-state index contributed by atoms with van der Waals surface area (Å²) < 4.78 is 20.1. The first-order valence-electron chi connectivity index (χ1n) is 9.46. The number of aliphatic imine (C=N–C) groups is 1. The minimum Gasteiger partial charge on any atom is -0.493 e. The quantitative estimate of drug-likeness (QED) is 0.165. The van der Waals surface area contributed by atoms with Gasteiger partial charge in [-0.05, 0) is 134 Å². The summed E-state index contributed by atoms with van der Waals surface area (Å²) >= 11 is 6.70. The minimum atomic E-state index is -0.480. The van der Waals surface area contributed by atoms with Gasteiger partial charge in [-0.15, -0.1) is 0 Å². The van der Waals surface area contributed by atoms with Crippen LogP contribution in [0.5, 0.6) is 11.5 Å². The van der Waals surface area contributed by atoms with Gasteiger partial charge in [0.15, 0.2) is 17.2 Å². The number of hydrogen-bond acceptors (Lipinski definition) is 5. The molecule has 0 bridgehead atoms. The number of cyclic esters (lactones) is 1. The third kappa shape index (κ3) is 5.63. The number of carbonyl (C=O) groups is 1. The Hall–Kier alpha value is -1.67. The predicted molar refractivity (Wildman–Crippen MR) is 149 cm³/mol. The zero-order valence-electron chi connectivity index (χ0n) is 16.8. The fraction of sp³-hybridized carbons (Fsp3) is 0.0833. The van der Waals surface area contributed by atoms with Crippen molar-refractivity contribution in [2.45, 2.75) is 6.61 Å². The molecule has 8 heteroatoms. The molecule has 0 radical (unpaired) electrons. The molecule has 0 saturated carbocycles. The van der Waals surface area contributed by atoms with Crippen molar-refractivity contribution in [2.24, 2.45) is 4.99 Å². The van der Waals surface area contributed by atoms with Crippen LogP contribution in [0.25, 0.3) is 6.08 Å². The molecule has 0 aliphatic carbocycles. The lowest BCUT2D eigenvalue weighted by molar-refractivity contribution is -0.129. The number of methoxy groups -OCH3 is 1. The summed E-state index contributed by atoms with van der Waals surface area (Å²) in [6, 6.07) is 19.5. The van der Waals surface area contributed by atoms with E-state index < -0.39 is 5.97 Å². The average molecular weight is 763 g/mol. The molecular weight excluding hydrogens is 747 g/mol. The molecule has 4 rings (SSSR count). The number of halogens is 3. The molecular formula is C24H16I3NO4. The van der Waals surface area contributed by atoms with Crippen molar-refractivity contribution in [3.63, 3.8) is 0 Å². The van der Waals surface area contributed by atoms with Crippen LogP contribution in [0, 0.1) is 10.7 Å². The number of benzene rings is 3. The van der Waals surface area contributed by atoms with Gasteiger partial charge in [-0.1, -0.05) is 12.1 Å². The molecule has 0 aromatic heterocycles. The number of ether oxygens (including phenoxy) is 3. The Morgan fingerprint density at radius 1 is 0.969 bits per heavy atom. The van der Waals surface area contributed by atoms with Crippen molar-refractivity contribution >= 4 is 85.7 Å². The summed E-state index contributed by atoms with van der Waals surface area (Å²) in [5.41, 5.74) is 2.84. The molecule has 1 heterocycles. The highest BCUT2D eigenvalue weighted by Gasteiger charge is 2.24. The first-order valence-corrected chi connectivity index (χ1v) is 12.7. The Kier molecular flexibility index (Phi) is 7.71. The molecule has 0 unspecified atom stereocenters. The molecule has 0 saturated heterocycles. The molecule has 0 N–H and O–H groups in total. The minimum absolute atomic E-state index is 0.240. The molecule has 1 aliphatic heterocycles. The van der Waals surface area contributed by atoms with E-state index in [-0.39, 0.29) is 5.70 Å². The van der Waals surface area contributed by atoms with Gasteiger partial charge >= 0.3 is 5.97 Å². The molecule has 3 aromatic carbocycles. The largest absolute Gasteiger partial charge is 0.493 e. The van der Waals surface area contributed by atoms with Crippen LogP contribution in [0.15, 0.2) is 71.4 Å². The van der Waals surface area contributed by atoms with E-state index in [2.05, 4.69) is 72.8 Å². The Balaban J connectivity index is 1.58. The van der Waals surface area contributed by atoms with Crippen molar-refractivity contribution in [3.05, 3.63) is 93.8 Å². The van der Waals surface area contributed by atoms with Crippen molar-refractivity contribution in [1.29, 1.82) is 0 Å². The van der Waals surface area contributed by atoms with Gasteiger partial charge < -0.3 is 14.2 Å². The maximum absolute atomic E-state index is 12.4. The SMILES string of the molecule is COc1cc(/C=C2\N=C(c3ccc(I)cc3)OC2=O)cc(I)c1OCc1ccc(I)cc1. The standard InChI is InChI=1S/C24H16I3NO4/c1-30-21-12-15(10-19(27)22(21)31-13-14-2-6-17(25)7-3-14)11-20-24(29)32-23(28-20)16-4-8-18(26)9-5-16/h2-12H,13H2,1H3/b20-11-. The lowest BCUT2D eigenvalue weighted by Crippen LogP contribution is -2.05. The monoisotopic (exact) mass is 763 g/mol. The number of hydrogen-bond donors (Lipinski definition) is 0. The van der Waals surface area contributed by atoms with E-state index >= 15 is 0 Å². The van der Waals surface area contributed by atoms with Crippen LogP contribution in [0.2, 0.25) is 0 Å². The molecule has 5 nitrogen and oxygen atoms in total. The fourth-order valence-electron chi connectivity index (χ4n) is 2.98. The van der Waals surface area contributed by atoms with Crippen LogP contribution >= 0.6 is 67.8 Å². The maximum atomic E-state index is 12.4. The van der Waals surface area contributed by atoms with Crippen LogP contribution < -0.4 is 9.47 Å². The van der Waals surface area contributed by atoms with E-state index in [1.165, 1.54) is 3.57 Å². The average Bonchev–Trinajstić information content (AvgIpc) is 3.14. The zero-order valence-corrected chi connectivity index (χ0v) is 23.2. The van der Waals surface area contributed by atoms with Gasteiger partial charge in [-0.2, -0.15) is 0 Å². The van der Waals surface area contributed by atoms with Crippen LogP contribution in [0.1, 0.15) is 16.7 Å². The van der Waals surface area contributed by atoms with Crippen LogP contribution in [-0.2, 0) is 16.1 Å². The molecule has 0 spiro atoms. The van der Waals surface area contributed by atoms with Crippen LogP contribution in [-0.4, -0.2) is 19.0 Å².